The Hall–Kier alpha value is -2.01. The second-order valence-corrected chi connectivity index (χ2v) is 5.40. The van der Waals surface area contributed by atoms with E-state index in [1.807, 2.05) is 24.3 Å². The number of methoxy groups -OCH3 is 1. The van der Waals surface area contributed by atoms with Gasteiger partial charge in [-0.1, -0.05) is 28.1 Å². The maximum Gasteiger partial charge on any atom is 0.319 e. The first kappa shape index (κ1) is 15.4. The molecule has 0 heterocycles. The van der Waals surface area contributed by atoms with Gasteiger partial charge in [0, 0.05) is 16.7 Å². The first-order valence-electron chi connectivity index (χ1n) is 6.61. The van der Waals surface area contributed by atoms with Crippen molar-refractivity contribution in [1.29, 1.82) is 0 Å². The minimum Gasteiger partial charge on any atom is -0.497 e. The van der Waals surface area contributed by atoms with E-state index in [1.54, 1.807) is 31.4 Å². The summed E-state index contributed by atoms with van der Waals surface area (Å²) in [5.41, 5.74) is 1.91. The highest BCUT2D eigenvalue weighted by Gasteiger charge is 2.02. The molecule has 2 aromatic carbocycles. The van der Waals surface area contributed by atoms with E-state index in [9.17, 15) is 4.79 Å². The Morgan fingerprint density at radius 3 is 2.62 bits per heavy atom. The van der Waals surface area contributed by atoms with Crippen molar-refractivity contribution in [2.24, 2.45) is 0 Å². The van der Waals surface area contributed by atoms with Crippen LogP contribution in [0, 0.1) is 0 Å². The van der Waals surface area contributed by atoms with Crippen molar-refractivity contribution >= 4 is 27.6 Å². The molecule has 2 rings (SSSR count). The number of halogens is 1. The number of amides is 2. The van der Waals surface area contributed by atoms with Crippen LogP contribution in [-0.4, -0.2) is 19.7 Å². The average molecular weight is 349 g/mol. The Bertz CT molecular complexity index is 599. The van der Waals surface area contributed by atoms with Crippen LogP contribution in [0.5, 0.6) is 5.75 Å². The van der Waals surface area contributed by atoms with E-state index < -0.39 is 0 Å². The molecule has 0 aromatic heterocycles. The molecule has 0 saturated carbocycles. The molecule has 0 radical (unpaired) electrons. The SMILES string of the molecule is COc1ccc(NC(=O)NCCc2cccc(Br)c2)cc1. The molecule has 0 bridgehead atoms. The zero-order valence-corrected chi connectivity index (χ0v) is 13.3. The van der Waals surface area contributed by atoms with Gasteiger partial charge in [0.1, 0.15) is 5.75 Å². The van der Waals surface area contributed by atoms with Crippen molar-refractivity contribution in [3.05, 3.63) is 58.6 Å². The highest BCUT2D eigenvalue weighted by atomic mass is 79.9. The van der Waals surface area contributed by atoms with Crippen LogP contribution >= 0.6 is 15.9 Å². The van der Waals surface area contributed by atoms with Crippen molar-refractivity contribution in [3.8, 4) is 5.75 Å². The molecule has 0 fully saturated rings. The van der Waals surface area contributed by atoms with Crippen LogP contribution in [0.3, 0.4) is 0 Å². The molecule has 0 unspecified atom stereocenters. The fourth-order valence-corrected chi connectivity index (χ4v) is 2.31. The second kappa shape index (κ2) is 7.69. The van der Waals surface area contributed by atoms with E-state index in [2.05, 4.69) is 26.6 Å². The molecule has 0 aliphatic heterocycles. The van der Waals surface area contributed by atoms with Crippen LogP contribution in [0.25, 0.3) is 0 Å². The first-order chi connectivity index (χ1) is 10.2. The van der Waals surface area contributed by atoms with E-state index in [1.165, 1.54) is 5.56 Å². The minimum atomic E-state index is -0.213. The van der Waals surface area contributed by atoms with Gasteiger partial charge in [0.25, 0.3) is 0 Å². The van der Waals surface area contributed by atoms with E-state index >= 15 is 0 Å². The summed E-state index contributed by atoms with van der Waals surface area (Å²) in [7, 11) is 1.61. The van der Waals surface area contributed by atoms with E-state index in [-0.39, 0.29) is 6.03 Å². The number of hydrogen-bond acceptors (Lipinski definition) is 2. The Morgan fingerprint density at radius 1 is 1.19 bits per heavy atom. The van der Waals surface area contributed by atoms with Gasteiger partial charge in [0.05, 0.1) is 7.11 Å². The zero-order valence-electron chi connectivity index (χ0n) is 11.7. The highest BCUT2D eigenvalue weighted by molar-refractivity contribution is 9.10. The number of ether oxygens (including phenoxy) is 1. The quantitative estimate of drug-likeness (QED) is 0.862. The number of benzene rings is 2. The van der Waals surface area contributed by atoms with Gasteiger partial charge in [-0.25, -0.2) is 4.79 Å². The normalized spacial score (nSPS) is 10.0. The van der Waals surface area contributed by atoms with Crippen molar-refractivity contribution in [3.63, 3.8) is 0 Å². The summed E-state index contributed by atoms with van der Waals surface area (Å²) < 4.78 is 6.11. The molecule has 0 aliphatic rings. The summed E-state index contributed by atoms with van der Waals surface area (Å²) in [5.74, 6) is 0.760. The van der Waals surface area contributed by atoms with Crippen LogP contribution in [-0.2, 0) is 6.42 Å². The maximum atomic E-state index is 11.8. The molecule has 2 amide bonds. The molecular weight excluding hydrogens is 332 g/mol. The van der Waals surface area contributed by atoms with Crippen LogP contribution in [0.1, 0.15) is 5.56 Å². The second-order valence-electron chi connectivity index (χ2n) is 4.49. The molecule has 0 saturated heterocycles. The number of carbonyl (C=O) groups excluding carboxylic acids is 1. The topological polar surface area (TPSA) is 50.4 Å². The van der Waals surface area contributed by atoms with E-state index in [0.717, 1.165) is 22.3 Å². The van der Waals surface area contributed by atoms with Gasteiger partial charge in [-0.05, 0) is 48.4 Å². The summed E-state index contributed by atoms with van der Waals surface area (Å²) in [6.07, 6.45) is 0.787. The van der Waals surface area contributed by atoms with Crippen molar-refractivity contribution in [2.45, 2.75) is 6.42 Å². The first-order valence-corrected chi connectivity index (χ1v) is 7.40. The van der Waals surface area contributed by atoms with Gasteiger partial charge >= 0.3 is 6.03 Å². The number of anilines is 1. The fraction of sp³-hybridized carbons (Fsp3) is 0.188. The Labute approximate surface area is 132 Å². The molecule has 0 spiro atoms. The molecule has 110 valence electrons. The van der Waals surface area contributed by atoms with Crippen LogP contribution in [0.4, 0.5) is 10.5 Å². The highest BCUT2D eigenvalue weighted by Crippen LogP contribution is 2.15. The molecule has 4 nitrogen and oxygen atoms in total. The van der Waals surface area contributed by atoms with Gasteiger partial charge in [0.2, 0.25) is 0 Å². The summed E-state index contributed by atoms with van der Waals surface area (Å²) in [6, 6.07) is 15.0. The van der Waals surface area contributed by atoms with E-state index in [4.69, 9.17) is 4.74 Å². The van der Waals surface area contributed by atoms with Gasteiger partial charge < -0.3 is 15.4 Å². The smallest absolute Gasteiger partial charge is 0.319 e. The summed E-state index contributed by atoms with van der Waals surface area (Å²) in [5, 5.41) is 5.61. The lowest BCUT2D eigenvalue weighted by Crippen LogP contribution is -2.30. The molecule has 2 N–H and O–H groups in total. The number of carbonyl (C=O) groups is 1. The Balaban J connectivity index is 1.76. The third kappa shape index (κ3) is 5.11. The standard InChI is InChI=1S/C16H17BrN2O2/c1-21-15-7-5-14(6-8-15)19-16(20)18-10-9-12-3-2-4-13(17)11-12/h2-8,11H,9-10H2,1H3,(H2,18,19,20). The van der Waals surface area contributed by atoms with Crippen molar-refractivity contribution < 1.29 is 9.53 Å². The van der Waals surface area contributed by atoms with Gasteiger partial charge in [-0.3, -0.25) is 0 Å². The maximum absolute atomic E-state index is 11.8. The summed E-state index contributed by atoms with van der Waals surface area (Å²) >= 11 is 3.43. The third-order valence-electron chi connectivity index (χ3n) is 2.94. The number of hydrogen-bond donors (Lipinski definition) is 2. The minimum absolute atomic E-state index is 0.213. The average Bonchev–Trinajstić information content (AvgIpc) is 2.48. The molecule has 0 aliphatic carbocycles. The molecule has 21 heavy (non-hydrogen) atoms. The van der Waals surface area contributed by atoms with Crippen LogP contribution < -0.4 is 15.4 Å². The number of rotatable bonds is 5. The molecule has 0 atom stereocenters. The van der Waals surface area contributed by atoms with Gasteiger partial charge in [-0.15, -0.1) is 0 Å². The largest absolute Gasteiger partial charge is 0.497 e. The van der Waals surface area contributed by atoms with Crippen LogP contribution in [0.15, 0.2) is 53.0 Å². The molecule has 2 aromatic rings. The molecular formula is C16H17BrN2O2. The number of urea groups is 1. The zero-order chi connectivity index (χ0) is 15.1. The summed E-state index contributed by atoms with van der Waals surface area (Å²) in [6.45, 7) is 0.582. The predicted octanol–water partition coefficient (Wildman–Crippen LogP) is 3.82. The Morgan fingerprint density at radius 2 is 1.95 bits per heavy atom. The summed E-state index contributed by atoms with van der Waals surface area (Å²) in [4.78, 5) is 11.8. The molecule has 5 heteroatoms. The lowest BCUT2D eigenvalue weighted by molar-refractivity contribution is 0.252. The van der Waals surface area contributed by atoms with Gasteiger partial charge in [0.15, 0.2) is 0 Å². The van der Waals surface area contributed by atoms with E-state index in [0.29, 0.717) is 6.54 Å². The van der Waals surface area contributed by atoms with Crippen molar-refractivity contribution in [2.75, 3.05) is 19.0 Å². The van der Waals surface area contributed by atoms with Crippen molar-refractivity contribution in [1.82, 2.24) is 5.32 Å². The monoisotopic (exact) mass is 348 g/mol. The Kier molecular flexibility index (Phi) is 5.63. The predicted molar refractivity (Wildman–Crippen MR) is 87.9 cm³/mol. The lowest BCUT2D eigenvalue weighted by Gasteiger charge is -2.08. The number of nitrogens with one attached hydrogen (secondary N) is 2. The fourth-order valence-electron chi connectivity index (χ4n) is 1.86. The lowest BCUT2D eigenvalue weighted by atomic mass is 10.1. The van der Waals surface area contributed by atoms with Gasteiger partial charge in [-0.2, -0.15) is 0 Å². The van der Waals surface area contributed by atoms with Crippen LogP contribution in [0.2, 0.25) is 0 Å². The third-order valence-corrected chi connectivity index (χ3v) is 3.43.